The Morgan fingerprint density at radius 1 is 1.62 bits per heavy atom. The number of nitrogens with one attached hydrogen (secondary N) is 1. The van der Waals surface area contributed by atoms with Crippen molar-refractivity contribution in [1.82, 2.24) is 5.32 Å². The average Bonchev–Trinajstić information content (AvgIpc) is 2.47. The Morgan fingerprint density at radius 2 is 2.38 bits per heavy atom. The third kappa shape index (κ3) is 4.19. The molecular weight excluding hydrogens is 178 g/mol. The molecule has 0 aromatic rings. The molecular formula is C11H21NS. The molecule has 1 aliphatic rings. The molecule has 0 spiro atoms. The smallest absolute Gasteiger partial charge is 0.0256 e. The highest BCUT2D eigenvalue weighted by atomic mass is 32.2. The van der Waals surface area contributed by atoms with Gasteiger partial charge in [-0.1, -0.05) is 5.57 Å². The van der Waals surface area contributed by atoms with Gasteiger partial charge in [0, 0.05) is 11.3 Å². The normalized spacial score (nSPS) is 27.8. The molecule has 76 valence electrons. The maximum atomic E-state index is 3.90. The van der Waals surface area contributed by atoms with Gasteiger partial charge in [-0.3, -0.25) is 0 Å². The monoisotopic (exact) mass is 199 g/mol. The van der Waals surface area contributed by atoms with E-state index >= 15 is 0 Å². The van der Waals surface area contributed by atoms with Crippen LogP contribution in [0.1, 0.15) is 33.1 Å². The van der Waals surface area contributed by atoms with E-state index in [1.165, 1.54) is 24.2 Å². The third-order valence-electron chi connectivity index (χ3n) is 2.53. The molecule has 1 saturated heterocycles. The van der Waals surface area contributed by atoms with Gasteiger partial charge in [0.05, 0.1) is 0 Å². The van der Waals surface area contributed by atoms with E-state index in [1.54, 1.807) is 0 Å². The molecule has 0 radical (unpaired) electrons. The lowest BCUT2D eigenvalue weighted by molar-refractivity contribution is 0.538. The van der Waals surface area contributed by atoms with Crippen LogP contribution in [0.15, 0.2) is 12.2 Å². The summed E-state index contributed by atoms with van der Waals surface area (Å²) in [7, 11) is 0. The third-order valence-corrected chi connectivity index (χ3v) is 4.07. The van der Waals surface area contributed by atoms with Crippen molar-refractivity contribution in [2.24, 2.45) is 0 Å². The molecule has 0 amide bonds. The molecule has 0 aromatic carbocycles. The summed E-state index contributed by atoms with van der Waals surface area (Å²) in [5.41, 5.74) is 1.27. The zero-order valence-electron chi connectivity index (χ0n) is 8.86. The van der Waals surface area contributed by atoms with E-state index in [1.807, 2.05) is 0 Å². The molecule has 13 heavy (non-hydrogen) atoms. The number of hydrogen-bond acceptors (Lipinski definition) is 2. The average molecular weight is 199 g/mol. The predicted octanol–water partition coefficient (Wildman–Crippen LogP) is 2.83. The molecule has 1 rings (SSSR count). The van der Waals surface area contributed by atoms with Gasteiger partial charge in [-0.25, -0.2) is 0 Å². The van der Waals surface area contributed by atoms with Crippen LogP contribution in [0.3, 0.4) is 0 Å². The van der Waals surface area contributed by atoms with Crippen LogP contribution in [0.5, 0.6) is 0 Å². The Labute approximate surface area is 86.4 Å². The van der Waals surface area contributed by atoms with Gasteiger partial charge in [-0.2, -0.15) is 11.8 Å². The highest BCUT2D eigenvalue weighted by Crippen LogP contribution is 2.36. The van der Waals surface area contributed by atoms with Gasteiger partial charge in [-0.05, 0) is 45.4 Å². The lowest BCUT2D eigenvalue weighted by Crippen LogP contribution is -2.33. The summed E-state index contributed by atoms with van der Waals surface area (Å²) in [6.07, 6.45) is 3.88. The van der Waals surface area contributed by atoms with E-state index < -0.39 is 0 Å². The number of rotatable bonds is 5. The maximum absolute atomic E-state index is 3.90. The van der Waals surface area contributed by atoms with Crippen LogP contribution in [0.25, 0.3) is 0 Å². The Bertz CT molecular complexity index is 171. The van der Waals surface area contributed by atoms with Gasteiger partial charge in [0.2, 0.25) is 0 Å². The minimum absolute atomic E-state index is 0.509. The molecule has 0 aliphatic carbocycles. The van der Waals surface area contributed by atoms with Crippen molar-refractivity contribution in [3.63, 3.8) is 0 Å². The van der Waals surface area contributed by atoms with Crippen LogP contribution in [-0.2, 0) is 0 Å². The van der Waals surface area contributed by atoms with Crippen molar-refractivity contribution >= 4 is 11.8 Å². The van der Waals surface area contributed by atoms with Crippen molar-refractivity contribution in [1.29, 1.82) is 0 Å². The highest BCUT2D eigenvalue weighted by molar-refractivity contribution is 8.00. The molecule has 1 heterocycles. The summed E-state index contributed by atoms with van der Waals surface area (Å²) in [5, 5.41) is 3.52. The molecule has 1 unspecified atom stereocenters. The first kappa shape index (κ1) is 11.1. The molecule has 0 bridgehead atoms. The van der Waals surface area contributed by atoms with Crippen LogP contribution in [0, 0.1) is 0 Å². The summed E-state index contributed by atoms with van der Waals surface area (Å²) in [4.78, 5) is 0. The molecule has 1 fully saturated rings. The second-order valence-electron chi connectivity index (χ2n) is 4.29. The molecule has 2 heteroatoms. The molecule has 1 atom stereocenters. The van der Waals surface area contributed by atoms with E-state index in [2.05, 4.69) is 37.5 Å². The summed E-state index contributed by atoms with van der Waals surface area (Å²) >= 11 is 2.12. The minimum Gasteiger partial charge on any atom is -0.315 e. The Balaban J connectivity index is 2.07. The summed E-state index contributed by atoms with van der Waals surface area (Å²) in [5.74, 6) is 1.35. The topological polar surface area (TPSA) is 12.0 Å². The summed E-state index contributed by atoms with van der Waals surface area (Å²) in [6.45, 7) is 10.6. The van der Waals surface area contributed by atoms with E-state index in [9.17, 15) is 0 Å². The van der Waals surface area contributed by atoms with E-state index in [-0.39, 0.29) is 0 Å². The van der Waals surface area contributed by atoms with E-state index in [0.29, 0.717) is 4.75 Å². The Kier molecular flexibility index (Phi) is 4.33. The van der Waals surface area contributed by atoms with Crippen LogP contribution in [0.4, 0.5) is 0 Å². The van der Waals surface area contributed by atoms with E-state index in [0.717, 1.165) is 19.5 Å². The lowest BCUT2D eigenvalue weighted by Gasteiger charge is -2.22. The van der Waals surface area contributed by atoms with Crippen molar-refractivity contribution in [3.8, 4) is 0 Å². The zero-order chi connectivity index (χ0) is 9.73. The first-order chi connectivity index (χ1) is 6.12. The number of hydrogen-bond donors (Lipinski definition) is 1. The molecule has 0 saturated carbocycles. The van der Waals surface area contributed by atoms with Gasteiger partial charge < -0.3 is 5.32 Å². The molecule has 1 N–H and O–H groups in total. The van der Waals surface area contributed by atoms with Crippen molar-refractivity contribution in [2.75, 3.05) is 18.8 Å². The van der Waals surface area contributed by atoms with Crippen molar-refractivity contribution in [3.05, 3.63) is 12.2 Å². The van der Waals surface area contributed by atoms with Crippen molar-refractivity contribution < 1.29 is 0 Å². The van der Waals surface area contributed by atoms with Crippen LogP contribution in [0.2, 0.25) is 0 Å². The first-order valence-electron chi connectivity index (χ1n) is 5.11. The predicted molar refractivity (Wildman–Crippen MR) is 62.4 cm³/mol. The van der Waals surface area contributed by atoms with Crippen molar-refractivity contribution in [2.45, 2.75) is 37.9 Å². The fourth-order valence-corrected chi connectivity index (χ4v) is 2.91. The summed E-state index contributed by atoms with van der Waals surface area (Å²) < 4.78 is 0.509. The first-order valence-corrected chi connectivity index (χ1v) is 6.10. The molecule has 1 nitrogen and oxygen atoms in total. The lowest BCUT2D eigenvalue weighted by atomic mass is 10.1. The van der Waals surface area contributed by atoms with Gasteiger partial charge >= 0.3 is 0 Å². The fraction of sp³-hybridized carbons (Fsp3) is 0.818. The van der Waals surface area contributed by atoms with Gasteiger partial charge in [0.1, 0.15) is 0 Å². The quantitative estimate of drug-likeness (QED) is 0.540. The standard InChI is InChI=1S/C11H21NS/c1-10(2)5-7-12-9-11(3)6-4-8-13-11/h12H,1,4-9H2,2-3H3. The van der Waals surface area contributed by atoms with Gasteiger partial charge in [0.25, 0.3) is 0 Å². The zero-order valence-corrected chi connectivity index (χ0v) is 9.67. The van der Waals surface area contributed by atoms with Gasteiger partial charge in [-0.15, -0.1) is 6.58 Å². The second-order valence-corrected chi connectivity index (χ2v) is 5.97. The second kappa shape index (κ2) is 5.06. The SMILES string of the molecule is C=C(C)CCNCC1(C)CCCS1. The van der Waals surface area contributed by atoms with Crippen LogP contribution >= 0.6 is 11.8 Å². The minimum atomic E-state index is 0.509. The van der Waals surface area contributed by atoms with Crippen LogP contribution in [-0.4, -0.2) is 23.6 Å². The van der Waals surface area contributed by atoms with E-state index in [4.69, 9.17) is 0 Å². The summed E-state index contributed by atoms with van der Waals surface area (Å²) in [6, 6.07) is 0. The largest absolute Gasteiger partial charge is 0.315 e. The Morgan fingerprint density at radius 3 is 2.92 bits per heavy atom. The molecule has 1 aliphatic heterocycles. The molecule has 0 aromatic heterocycles. The maximum Gasteiger partial charge on any atom is 0.0256 e. The fourth-order valence-electron chi connectivity index (χ4n) is 1.63. The van der Waals surface area contributed by atoms with Crippen LogP contribution < -0.4 is 5.32 Å². The number of thioether (sulfide) groups is 1. The highest BCUT2D eigenvalue weighted by Gasteiger charge is 2.28. The Hall–Kier alpha value is 0.0500. The van der Waals surface area contributed by atoms with Gasteiger partial charge in [0.15, 0.2) is 0 Å².